The molecular formula is C15H19ClN4O2S. The van der Waals surface area contributed by atoms with Gasteiger partial charge in [-0.05, 0) is 30.8 Å². The van der Waals surface area contributed by atoms with Crippen LogP contribution >= 0.6 is 23.8 Å². The number of nitrogens with zero attached hydrogens (tertiary/aromatic N) is 3. The van der Waals surface area contributed by atoms with E-state index in [1.807, 2.05) is 6.07 Å². The number of aromatic amines is 1. The van der Waals surface area contributed by atoms with Crippen molar-refractivity contribution in [3.63, 3.8) is 0 Å². The Morgan fingerprint density at radius 3 is 2.83 bits per heavy atom. The molecule has 2 aromatic rings. The molecule has 0 aliphatic rings. The maximum absolute atomic E-state index is 6.34. The van der Waals surface area contributed by atoms with Gasteiger partial charge in [0, 0.05) is 12.0 Å². The van der Waals surface area contributed by atoms with E-state index in [0.717, 1.165) is 25.1 Å². The highest BCUT2D eigenvalue weighted by Crippen LogP contribution is 2.36. The summed E-state index contributed by atoms with van der Waals surface area (Å²) in [6, 6.07) is 3.58. The highest BCUT2D eigenvalue weighted by atomic mass is 35.5. The molecule has 1 heterocycles. The molecule has 23 heavy (non-hydrogen) atoms. The van der Waals surface area contributed by atoms with Gasteiger partial charge in [-0.3, -0.25) is 5.10 Å². The van der Waals surface area contributed by atoms with Gasteiger partial charge in [0.1, 0.15) is 0 Å². The standard InChI is InChI=1S/C15H19ClN4O2S/c1-4-5-6-12-18-19-15(23)20(12)17-9-10-7-8-11(21-2)14(22-3)13(10)16/h7-9H,4-6H2,1-3H3,(H,19,23)/b17-9-. The molecule has 1 aromatic carbocycles. The summed E-state index contributed by atoms with van der Waals surface area (Å²) in [7, 11) is 3.10. The Balaban J connectivity index is 2.34. The van der Waals surface area contributed by atoms with Gasteiger partial charge in [-0.2, -0.15) is 14.9 Å². The quantitative estimate of drug-likeness (QED) is 0.606. The van der Waals surface area contributed by atoms with E-state index in [9.17, 15) is 0 Å². The topological polar surface area (TPSA) is 64.4 Å². The van der Waals surface area contributed by atoms with Gasteiger partial charge in [0.25, 0.3) is 0 Å². The molecule has 0 aliphatic heterocycles. The number of rotatable bonds is 7. The van der Waals surface area contributed by atoms with Crippen molar-refractivity contribution in [2.24, 2.45) is 5.10 Å². The molecule has 0 atom stereocenters. The Morgan fingerprint density at radius 2 is 2.17 bits per heavy atom. The summed E-state index contributed by atoms with van der Waals surface area (Å²) in [5.74, 6) is 1.84. The molecule has 0 aliphatic carbocycles. The molecule has 0 bridgehead atoms. The molecule has 0 radical (unpaired) electrons. The first kappa shape index (κ1) is 17.5. The minimum atomic E-state index is 0.431. The van der Waals surface area contributed by atoms with E-state index < -0.39 is 0 Å². The van der Waals surface area contributed by atoms with Crippen molar-refractivity contribution in [2.75, 3.05) is 14.2 Å². The van der Waals surface area contributed by atoms with Crippen LogP contribution in [0.2, 0.25) is 5.02 Å². The van der Waals surface area contributed by atoms with Crippen LogP contribution in [0.3, 0.4) is 0 Å². The Labute approximate surface area is 145 Å². The first-order chi connectivity index (χ1) is 11.1. The number of benzene rings is 1. The van der Waals surface area contributed by atoms with Crippen LogP contribution in [0.1, 0.15) is 31.2 Å². The molecule has 1 N–H and O–H groups in total. The Morgan fingerprint density at radius 1 is 1.39 bits per heavy atom. The normalized spacial score (nSPS) is 11.1. The number of aromatic nitrogens is 3. The van der Waals surface area contributed by atoms with Crippen LogP contribution in [0.25, 0.3) is 0 Å². The van der Waals surface area contributed by atoms with Gasteiger partial charge >= 0.3 is 0 Å². The van der Waals surface area contributed by atoms with Crippen LogP contribution in [0.4, 0.5) is 0 Å². The van der Waals surface area contributed by atoms with Crippen LogP contribution in [-0.2, 0) is 6.42 Å². The number of nitrogens with one attached hydrogen (secondary N) is 1. The first-order valence-corrected chi connectivity index (χ1v) is 8.02. The molecule has 8 heteroatoms. The second-order valence-electron chi connectivity index (χ2n) is 4.81. The van der Waals surface area contributed by atoms with E-state index in [2.05, 4.69) is 22.2 Å². The lowest BCUT2D eigenvalue weighted by Crippen LogP contribution is -2.00. The summed E-state index contributed by atoms with van der Waals surface area (Å²) < 4.78 is 12.6. The lowest BCUT2D eigenvalue weighted by Gasteiger charge is -2.10. The summed E-state index contributed by atoms with van der Waals surface area (Å²) in [5.41, 5.74) is 0.703. The molecule has 6 nitrogen and oxygen atoms in total. The van der Waals surface area contributed by atoms with E-state index in [1.165, 1.54) is 0 Å². The number of methoxy groups -OCH3 is 2. The third kappa shape index (κ3) is 3.92. The zero-order valence-electron chi connectivity index (χ0n) is 13.3. The van der Waals surface area contributed by atoms with Crippen molar-refractivity contribution in [2.45, 2.75) is 26.2 Å². The molecule has 0 amide bonds. The largest absolute Gasteiger partial charge is 0.493 e. The van der Waals surface area contributed by atoms with E-state index >= 15 is 0 Å². The Kier molecular flexibility index (Phi) is 6.18. The van der Waals surface area contributed by atoms with Gasteiger partial charge in [0.2, 0.25) is 4.77 Å². The molecule has 0 fully saturated rings. The van der Waals surface area contributed by atoms with Crippen LogP contribution in [0, 0.1) is 4.77 Å². The fourth-order valence-electron chi connectivity index (χ4n) is 2.06. The number of unbranched alkanes of at least 4 members (excludes halogenated alkanes) is 1. The lowest BCUT2D eigenvalue weighted by molar-refractivity contribution is 0.355. The molecule has 2 rings (SSSR count). The number of hydrogen-bond acceptors (Lipinski definition) is 5. The smallest absolute Gasteiger partial charge is 0.216 e. The molecule has 0 saturated carbocycles. The lowest BCUT2D eigenvalue weighted by atomic mass is 10.2. The van der Waals surface area contributed by atoms with E-state index in [1.54, 1.807) is 31.2 Å². The molecule has 0 unspecified atom stereocenters. The molecule has 124 valence electrons. The van der Waals surface area contributed by atoms with Crippen molar-refractivity contribution >= 4 is 30.0 Å². The van der Waals surface area contributed by atoms with Gasteiger partial charge in [0.05, 0.1) is 25.5 Å². The highest BCUT2D eigenvalue weighted by Gasteiger charge is 2.12. The van der Waals surface area contributed by atoms with E-state index in [-0.39, 0.29) is 0 Å². The SMILES string of the molecule is CCCCc1n[nH]c(=S)n1/N=C\c1ccc(OC)c(OC)c1Cl. The summed E-state index contributed by atoms with van der Waals surface area (Å²) in [6.07, 6.45) is 4.53. The minimum absolute atomic E-state index is 0.431. The predicted molar refractivity (Wildman–Crippen MR) is 93.6 cm³/mol. The average Bonchev–Trinajstić information content (AvgIpc) is 2.91. The fraction of sp³-hybridized carbons (Fsp3) is 0.400. The first-order valence-electron chi connectivity index (χ1n) is 7.23. The van der Waals surface area contributed by atoms with Crippen LogP contribution < -0.4 is 9.47 Å². The van der Waals surface area contributed by atoms with Crippen molar-refractivity contribution in [3.8, 4) is 11.5 Å². The van der Waals surface area contributed by atoms with E-state index in [0.29, 0.717) is 26.9 Å². The zero-order chi connectivity index (χ0) is 16.8. The maximum Gasteiger partial charge on any atom is 0.216 e. The van der Waals surface area contributed by atoms with Gasteiger partial charge in [0.15, 0.2) is 17.3 Å². The number of aryl methyl sites for hydroxylation is 1. The van der Waals surface area contributed by atoms with Crippen molar-refractivity contribution in [1.29, 1.82) is 0 Å². The van der Waals surface area contributed by atoms with Gasteiger partial charge in [-0.25, -0.2) is 0 Å². The zero-order valence-corrected chi connectivity index (χ0v) is 14.9. The van der Waals surface area contributed by atoms with Crippen molar-refractivity contribution in [3.05, 3.63) is 33.3 Å². The van der Waals surface area contributed by atoms with Crippen molar-refractivity contribution in [1.82, 2.24) is 14.9 Å². The fourth-order valence-corrected chi connectivity index (χ4v) is 2.54. The van der Waals surface area contributed by atoms with Crippen LogP contribution in [0.15, 0.2) is 17.2 Å². The average molecular weight is 355 g/mol. The van der Waals surface area contributed by atoms with Crippen LogP contribution in [0.5, 0.6) is 11.5 Å². The second kappa shape index (κ2) is 8.12. The summed E-state index contributed by atoms with van der Waals surface area (Å²) >= 11 is 11.6. The molecule has 0 spiro atoms. The minimum Gasteiger partial charge on any atom is -0.493 e. The highest BCUT2D eigenvalue weighted by molar-refractivity contribution is 7.71. The molecule has 0 saturated heterocycles. The number of halogens is 1. The second-order valence-corrected chi connectivity index (χ2v) is 5.57. The van der Waals surface area contributed by atoms with E-state index in [4.69, 9.17) is 33.3 Å². The predicted octanol–water partition coefficient (Wildman–Crippen LogP) is 3.84. The maximum atomic E-state index is 6.34. The van der Waals surface area contributed by atoms with Gasteiger partial charge in [-0.1, -0.05) is 24.9 Å². The number of H-pyrrole nitrogens is 1. The van der Waals surface area contributed by atoms with Gasteiger partial charge < -0.3 is 9.47 Å². The molecular weight excluding hydrogens is 336 g/mol. The van der Waals surface area contributed by atoms with Crippen molar-refractivity contribution < 1.29 is 9.47 Å². The monoisotopic (exact) mass is 354 g/mol. The summed E-state index contributed by atoms with van der Waals surface area (Å²) in [6.45, 7) is 2.12. The third-order valence-electron chi connectivity index (χ3n) is 3.30. The third-order valence-corrected chi connectivity index (χ3v) is 3.95. The Hall–Kier alpha value is -1.86. The molecule has 1 aromatic heterocycles. The van der Waals surface area contributed by atoms with Gasteiger partial charge in [-0.15, -0.1) is 0 Å². The summed E-state index contributed by atoms with van der Waals surface area (Å²) in [5, 5.41) is 11.8. The van der Waals surface area contributed by atoms with Crippen LogP contribution in [-0.4, -0.2) is 35.3 Å². The number of ether oxygens (including phenoxy) is 2. The summed E-state index contributed by atoms with van der Waals surface area (Å²) in [4.78, 5) is 0. The Bertz CT molecular complexity index is 754. The number of hydrogen-bond donors (Lipinski definition) is 1.